The van der Waals surface area contributed by atoms with E-state index in [4.69, 9.17) is 4.74 Å². The van der Waals surface area contributed by atoms with Gasteiger partial charge in [-0.2, -0.15) is 0 Å². The molecule has 4 rings (SSSR count). The Balaban J connectivity index is 1.25. The number of amides is 2. The molecule has 2 aromatic rings. The standard InChI is InChI=1S/C23H29N3O3/c27-22(25-13-4-8-19(17-25)26-14-12-24-16-23(26)28)11-5-15-29-21-10-3-7-18-6-1-2-9-20(18)21/h1-3,6-7,9-10,19,24H,4-5,8,11-17H2. The highest BCUT2D eigenvalue weighted by Gasteiger charge is 2.31. The van der Waals surface area contributed by atoms with Crippen molar-refractivity contribution in [3.63, 3.8) is 0 Å². The van der Waals surface area contributed by atoms with E-state index in [-0.39, 0.29) is 17.9 Å². The Labute approximate surface area is 171 Å². The molecule has 2 aliphatic heterocycles. The van der Waals surface area contributed by atoms with Gasteiger partial charge in [-0.05, 0) is 30.7 Å². The number of carbonyl (C=O) groups is 2. The summed E-state index contributed by atoms with van der Waals surface area (Å²) in [6.07, 6.45) is 3.11. The predicted molar refractivity (Wildman–Crippen MR) is 113 cm³/mol. The Morgan fingerprint density at radius 2 is 2.00 bits per heavy atom. The second-order valence-electron chi connectivity index (χ2n) is 7.83. The first-order valence-electron chi connectivity index (χ1n) is 10.6. The van der Waals surface area contributed by atoms with Crippen LogP contribution in [-0.2, 0) is 9.59 Å². The number of nitrogens with one attached hydrogen (secondary N) is 1. The van der Waals surface area contributed by atoms with Gasteiger partial charge < -0.3 is 19.9 Å². The largest absolute Gasteiger partial charge is 0.493 e. The van der Waals surface area contributed by atoms with Crippen molar-refractivity contribution in [2.24, 2.45) is 0 Å². The van der Waals surface area contributed by atoms with Gasteiger partial charge in [-0.25, -0.2) is 0 Å². The third kappa shape index (κ3) is 4.70. The topological polar surface area (TPSA) is 61.9 Å². The Hall–Kier alpha value is -2.60. The SMILES string of the molecule is O=C(CCCOc1cccc2ccccc12)N1CCCC(N2CCNCC2=O)C1. The van der Waals surface area contributed by atoms with Crippen molar-refractivity contribution in [2.45, 2.75) is 31.7 Å². The van der Waals surface area contributed by atoms with Crippen molar-refractivity contribution >= 4 is 22.6 Å². The van der Waals surface area contributed by atoms with Gasteiger partial charge >= 0.3 is 0 Å². The minimum atomic E-state index is 0.152. The lowest BCUT2D eigenvalue weighted by Gasteiger charge is -2.41. The average Bonchev–Trinajstić information content (AvgIpc) is 2.77. The summed E-state index contributed by atoms with van der Waals surface area (Å²) in [6.45, 7) is 3.96. The number of hydrogen-bond acceptors (Lipinski definition) is 4. The quantitative estimate of drug-likeness (QED) is 0.763. The molecule has 154 valence electrons. The zero-order valence-corrected chi connectivity index (χ0v) is 16.8. The van der Waals surface area contributed by atoms with Crippen molar-refractivity contribution in [1.82, 2.24) is 15.1 Å². The molecule has 2 heterocycles. The van der Waals surface area contributed by atoms with Gasteiger partial charge in [0.25, 0.3) is 0 Å². The first kappa shape index (κ1) is 19.7. The molecule has 0 spiro atoms. The first-order chi connectivity index (χ1) is 14.2. The monoisotopic (exact) mass is 395 g/mol. The van der Waals surface area contributed by atoms with Gasteiger partial charge in [0.1, 0.15) is 5.75 Å². The number of piperidine rings is 1. The highest BCUT2D eigenvalue weighted by Crippen LogP contribution is 2.25. The van der Waals surface area contributed by atoms with Crippen LogP contribution in [0.2, 0.25) is 0 Å². The second-order valence-corrected chi connectivity index (χ2v) is 7.83. The third-order valence-electron chi connectivity index (χ3n) is 5.86. The summed E-state index contributed by atoms with van der Waals surface area (Å²) in [5.41, 5.74) is 0. The Morgan fingerprint density at radius 3 is 2.90 bits per heavy atom. The van der Waals surface area contributed by atoms with E-state index in [1.54, 1.807) is 0 Å². The summed E-state index contributed by atoms with van der Waals surface area (Å²) in [4.78, 5) is 28.7. The van der Waals surface area contributed by atoms with Crippen LogP contribution in [0.25, 0.3) is 10.8 Å². The summed E-state index contributed by atoms with van der Waals surface area (Å²) >= 11 is 0. The van der Waals surface area contributed by atoms with Crippen molar-refractivity contribution in [1.29, 1.82) is 0 Å². The molecule has 1 unspecified atom stereocenters. The fourth-order valence-corrected chi connectivity index (χ4v) is 4.33. The highest BCUT2D eigenvalue weighted by molar-refractivity contribution is 5.88. The molecule has 0 saturated carbocycles. The van der Waals surface area contributed by atoms with Crippen LogP contribution in [0.4, 0.5) is 0 Å². The van der Waals surface area contributed by atoms with E-state index in [1.165, 1.54) is 0 Å². The minimum Gasteiger partial charge on any atom is -0.493 e. The van der Waals surface area contributed by atoms with Crippen LogP contribution in [0.5, 0.6) is 5.75 Å². The third-order valence-corrected chi connectivity index (χ3v) is 5.86. The van der Waals surface area contributed by atoms with Crippen molar-refractivity contribution in [3.05, 3.63) is 42.5 Å². The van der Waals surface area contributed by atoms with E-state index < -0.39 is 0 Å². The molecule has 0 radical (unpaired) electrons. The van der Waals surface area contributed by atoms with Gasteiger partial charge in [0.15, 0.2) is 0 Å². The summed E-state index contributed by atoms with van der Waals surface area (Å²) in [5.74, 6) is 1.18. The van der Waals surface area contributed by atoms with Crippen LogP contribution in [0.1, 0.15) is 25.7 Å². The average molecular weight is 396 g/mol. The van der Waals surface area contributed by atoms with Gasteiger partial charge in [-0.1, -0.05) is 36.4 Å². The van der Waals surface area contributed by atoms with E-state index in [0.29, 0.717) is 32.5 Å². The summed E-state index contributed by atoms with van der Waals surface area (Å²) in [6, 6.07) is 14.4. The van der Waals surface area contributed by atoms with Crippen molar-refractivity contribution in [2.75, 3.05) is 39.3 Å². The van der Waals surface area contributed by atoms with Gasteiger partial charge in [0.05, 0.1) is 13.2 Å². The molecular weight excluding hydrogens is 366 g/mol. The van der Waals surface area contributed by atoms with E-state index in [2.05, 4.69) is 23.5 Å². The van der Waals surface area contributed by atoms with Gasteiger partial charge in [0.2, 0.25) is 11.8 Å². The molecule has 0 aromatic heterocycles. The zero-order valence-electron chi connectivity index (χ0n) is 16.8. The smallest absolute Gasteiger partial charge is 0.236 e. The Morgan fingerprint density at radius 1 is 1.14 bits per heavy atom. The Kier molecular flexibility index (Phi) is 6.30. The van der Waals surface area contributed by atoms with E-state index in [9.17, 15) is 9.59 Å². The van der Waals surface area contributed by atoms with Gasteiger partial charge in [-0.3, -0.25) is 9.59 Å². The Bertz CT molecular complexity index is 864. The molecule has 2 saturated heterocycles. The normalized spacial score (nSPS) is 20.1. The van der Waals surface area contributed by atoms with Gasteiger partial charge in [-0.15, -0.1) is 0 Å². The summed E-state index contributed by atoms with van der Waals surface area (Å²) < 4.78 is 5.96. The maximum atomic E-state index is 12.7. The van der Waals surface area contributed by atoms with Crippen LogP contribution in [0.3, 0.4) is 0 Å². The molecule has 2 fully saturated rings. The fourth-order valence-electron chi connectivity index (χ4n) is 4.33. The van der Waals surface area contributed by atoms with Crippen molar-refractivity contribution in [3.8, 4) is 5.75 Å². The minimum absolute atomic E-state index is 0.152. The lowest BCUT2D eigenvalue weighted by Crippen LogP contribution is -2.57. The van der Waals surface area contributed by atoms with E-state index in [0.717, 1.165) is 49.0 Å². The highest BCUT2D eigenvalue weighted by atomic mass is 16.5. The molecule has 2 amide bonds. The van der Waals surface area contributed by atoms with Crippen LogP contribution in [-0.4, -0.2) is 67.0 Å². The number of ether oxygens (including phenoxy) is 1. The number of nitrogens with zero attached hydrogens (tertiary/aromatic N) is 2. The van der Waals surface area contributed by atoms with Gasteiger partial charge in [0, 0.05) is 44.0 Å². The van der Waals surface area contributed by atoms with Crippen LogP contribution in [0, 0.1) is 0 Å². The van der Waals surface area contributed by atoms with E-state index in [1.807, 2.05) is 34.1 Å². The molecule has 0 bridgehead atoms. The van der Waals surface area contributed by atoms with Crippen molar-refractivity contribution < 1.29 is 14.3 Å². The number of benzene rings is 2. The molecule has 2 aromatic carbocycles. The molecule has 1 atom stereocenters. The molecule has 1 N–H and O–H groups in total. The number of piperazine rings is 1. The summed E-state index contributed by atoms with van der Waals surface area (Å²) in [7, 11) is 0. The van der Waals surface area contributed by atoms with Crippen LogP contribution >= 0.6 is 0 Å². The van der Waals surface area contributed by atoms with Crippen LogP contribution in [0.15, 0.2) is 42.5 Å². The predicted octanol–water partition coefficient (Wildman–Crippen LogP) is 2.42. The molecule has 0 aliphatic carbocycles. The number of likely N-dealkylation sites (tertiary alicyclic amines) is 1. The zero-order chi connectivity index (χ0) is 20.1. The number of hydrogen-bond donors (Lipinski definition) is 1. The maximum absolute atomic E-state index is 12.7. The number of carbonyl (C=O) groups excluding carboxylic acids is 2. The fraction of sp³-hybridized carbons (Fsp3) is 0.478. The number of rotatable bonds is 6. The molecule has 2 aliphatic rings. The lowest BCUT2D eigenvalue weighted by atomic mass is 10.0. The summed E-state index contributed by atoms with van der Waals surface area (Å²) in [5, 5.41) is 5.36. The molecule has 29 heavy (non-hydrogen) atoms. The molecule has 6 heteroatoms. The second kappa shape index (κ2) is 9.27. The lowest BCUT2D eigenvalue weighted by molar-refractivity contribution is -0.140. The molecular formula is C23H29N3O3. The van der Waals surface area contributed by atoms with E-state index >= 15 is 0 Å². The number of fused-ring (bicyclic) bond motifs is 1. The maximum Gasteiger partial charge on any atom is 0.236 e. The van der Waals surface area contributed by atoms with Crippen LogP contribution < -0.4 is 10.1 Å². The first-order valence-corrected chi connectivity index (χ1v) is 10.6. The molecule has 6 nitrogen and oxygen atoms in total.